The number of halogens is 1. The number of amides is 2. The zero-order valence-electron chi connectivity index (χ0n) is 12.7. The quantitative estimate of drug-likeness (QED) is 0.884. The molecule has 0 radical (unpaired) electrons. The van der Waals surface area contributed by atoms with Gasteiger partial charge in [-0.15, -0.1) is 0 Å². The van der Waals surface area contributed by atoms with Crippen molar-refractivity contribution in [1.29, 1.82) is 0 Å². The van der Waals surface area contributed by atoms with Crippen molar-refractivity contribution in [3.8, 4) is 0 Å². The average molecular weight is 315 g/mol. The van der Waals surface area contributed by atoms with Crippen LogP contribution < -0.4 is 5.32 Å². The molecule has 2 aromatic rings. The second-order valence-corrected chi connectivity index (χ2v) is 6.70. The summed E-state index contributed by atoms with van der Waals surface area (Å²) in [5.74, 6) is -0.195. The van der Waals surface area contributed by atoms with Gasteiger partial charge in [0.05, 0.1) is 6.42 Å². The first kappa shape index (κ1) is 14.2. The SMILES string of the molecule is O=C1CC2(CCN(C(=O)Cc3c[nH]c4ccc(F)cc34)C2)CN1. The Morgan fingerprint density at radius 1 is 1.39 bits per heavy atom. The van der Waals surface area contributed by atoms with Crippen LogP contribution in [0.4, 0.5) is 4.39 Å². The summed E-state index contributed by atoms with van der Waals surface area (Å²) in [7, 11) is 0. The van der Waals surface area contributed by atoms with Crippen molar-refractivity contribution in [2.24, 2.45) is 5.41 Å². The van der Waals surface area contributed by atoms with Crippen molar-refractivity contribution in [1.82, 2.24) is 15.2 Å². The van der Waals surface area contributed by atoms with Crippen LogP contribution in [0.15, 0.2) is 24.4 Å². The summed E-state index contributed by atoms with van der Waals surface area (Å²) in [4.78, 5) is 28.9. The molecule has 2 saturated heterocycles. The van der Waals surface area contributed by atoms with E-state index < -0.39 is 0 Å². The van der Waals surface area contributed by atoms with Crippen LogP contribution in [0.5, 0.6) is 0 Å². The summed E-state index contributed by atoms with van der Waals surface area (Å²) in [5.41, 5.74) is 1.56. The number of carbonyl (C=O) groups excluding carboxylic acids is 2. The summed E-state index contributed by atoms with van der Waals surface area (Å²) in [6.07, 6.45) is 3.39. The maximum atomic E-state index is 13.4. The lowest BCUT2D eigenvalue weighted by atomic mass is 9.86. The number of fused-ring (bicyclic) bond motifs is 1. The highest BCUT2D eigenvalue weighted by Gasteiger charge is 2.44. The van der Waals surface area contributed by atoms with Crippen molar-refractivity contribution in [2.45, 2.75) is 19.3 Å². The van der Waals surface area contributed by atoms with Gasteiger partial charge >= 0.3 is 0 Å². The lowest BCUT2D eigenvalue weighted by Gasteiger charge is -2.21. The topological polar surface area (TPSA) is 65.2 Å². The summed E-state index contributed by atoms with van der Waals surface area (Å²) in [6.45, 7) is 1.97. The van der Waals surface area contributed by atoms with E-state index in [1.807, 2.05) is 4.90 Å². The number of aromatic nitrogens is 1. The molecule has 2 aliphatic rings. The van der Waals surface area contributed by atoms with Gasteiger partial charge in [0.1, 0.15) is 5.82 Å². The molecule has 2 aliphatic heterocycles. The predicted molar refractivity (Wildman–Crippen MR) is 83.2 cm³/mol. The van der Waals surface area contributed by atoms with Gasteiger partial charge in [-0.05, 0) is 30.2 Å². The predicted octanol–water partition coefficient (Wildman–Crippen LogP) is 1.59. The first-order valence-electron chi connectivity index (χ1n) is 7.85. The normalized spacial score (nSPS) is 23.9. The zero-order valence-corrected chi connectivity index (χ0v) is 12.7. The number of nitrogens with zero attached hydrogens (tertiary/aromatic N) is 1. The second kappa shape index (κ2) is 5.08. The van der Waals surface area contributed by atoms with E-state index in [4.69, 9.17) is 0 Å². The molecule has 3 heterocycles. The van der Waals surface area contributed by atoms with E-state index in [2.05, 4.69) is 10.3 Å². The van der Waals surface area contributed by atoms with Gasteiger partial charge in [0.15, 0.2) is 0 Å². The molecule has 1 atom stereocenters. The Hall–Kier alpha value is -2.37. The number of rotatable bonds is 2. The van der Waals surface area contributed by atoms with E-state index >= 15 is 0 Å². The monoisotopic (exact) mass is 315 g/mol. The van der Waals surface area contributed by atoms with E-state index in [1.165, 1.54) is 12.1 Å². The molecule has 5 nitrogen and oxygen atoms in total. The number of hydrogen-bond donors (Lipinski definition) is 2. The van der Waals surface area contributed by atoms with Crippen LogP contribution in [-0.2, 0) is 16.0 Å². The van der Waals surface area contributed by atoms with E-state index in [-0.39, 0.29) is 29.5 Å². The van der Waals surface area contributed by atoms with Crippen molar-refractivity contribution in [3.63, 3.8) is 0 Å². The maximum Gasteiger partial charge on any atom is 0.227 e. The molecule has 1 aromatic heterocycles. The summed E-state index contributed by atoms with van der Waals surface area (Å²) >= 11 is 0. The fourth-order valence-electron chi connectivity index (χ4n) is 3.76. The van der Waals surface area contributed by atoms with Crippen LogP contribution in [0.3, 0.4) is 0 Å². The van der Waals surface area contributed by atoms with Gasteiger partial charge in [-0.1, -0.05) is 0 Å². The molecule has 6 heteroatoms. The standard InChI is InChI=1S/C17H18FN3O2/c18-12-1-2-14-13(6-12)11(8-19-14)5-16(23)21-4-3-17(10-21)7-15(22)20-9-17/h1-2,6,8,19H,3-5,7,9-10H2,(H,20,22). The van der Waals surface area contributed by atoms with Crippen molar-refractivity contribution < 1.29 is 14.0 Å². The Kier molecular flexibility index (Phi) is 3.14. The third-order valence-corrected chi connectivity index (χ3v) is 5.06. The Morgan fingerprint density at radius 2 is 2.26 bits per heavy atom. The minimum atomic E-state index is -0.304. The lowest BCUT2D eigenvalue weighted by Crippen LogP contribution is -2.34. The fourth-order valence-corrected chi connectivity index (χ4v) is 3.76. The highest BCUT2D eigenvalue weighted by molar-refractivity contribution is 5.89. The van der Waals surface area contributed by atoms with Crippen LogP contribution in [0.2, 0.25) is 0 Å². The molecular formula is C17H18FN3O2. The van der Waals surface area contributed by atoms with Gasteiger partial charge in [-0.25, -0.2) is 4.39 Å². The van der Waals surface area contributed by atoms with E-state index in [0.29, 0.717) is 26.1 Å². The molecule has 2 fully saturated rings. The van der Waals surface area contributed by atoms with Gasteiger partial charge in [0, 0.05) is 48.6 Å². The third kappa shape index (κ3) is 2.48. The van der Waals surface area contributed by atoms with Crippen molar-refractivity contribution in [3.05, 3.63) is 35.8 Å². The molecule has 0 bridgehead atoms. The first-order chi connectivity index (χ1) is 11.0. The van der Waals surface area contributed by atoms with E-state index in [1.54, 1.807) is 12.3 Å². The first-order valence-corrected chi connectivity index (χ1v) is 7.85. The molecule has 0 aliphatic carbocycles. The smallest absolute Gasteiger partial charge is 0.227 e. The highest BCUT2D eigenvalue weighted by Crippen LogP contribution is 2.36. The van der Waals surface area contributed by atoms with Gasteiger partial charge in [0.2, 0.25) is 11.8 Å². The van der Waals surface area contributed by atoms with Gasteiger partial charge in [-0.2, -0.15) is 0 Å². The van der Waals surface area contributed by atoms with Gasteiger partial charge in [0.25, 0.3) is 0 Å². The maximum absolute atomic E-state index is 13.4. The number of benzene rings is 1. The van der Waals surface area contributed by atoms with Gasteiger partial charge in [-0.3, -0.25) is 9.59 Å². The summed E-state index contributed by atoms with van der Waals surface area (Å²) in [6, 6.07) is 4.54. The molecule has 1 spiro atoms. The molecule has 4 rings (SSSR count). The van der Waals surface area contributed by atoms with E-state index in [0.717, 1.165) is 22.9 Å². The summed E-state index contributed by atoms with van der Waals surface area (Å²) in [5, 5.41) is 3.62. The second-order valence-electron chi connectivity index (χ2n) is 6.70. The largest absolute Gasteiger partial charge is 0.361 e. The molecular weight excluding hydrogens is 297 g/mol. The minimum Gasteiger partial charge on any atom is -0.361 e. The van der Waals surface area contributed by atoms with Crippen LogP contribution in [-0.4, -0.2) is 41.3 Å². The number of carbonyl (C=O) groups is 2. The fraction of sp³-hybridized carbons (Fsp3) is 0.412. The van der Waals surface area contributed by atoms with Crippen LogP contribution in [0.1, 0.15) is 18.4 Å². The Morgan fingerprint density at radius 3 is 3.04 bits per heavy atom. The molecule has 23 heavy (non-hydrogen) atoms. The third-order valence-electron chi connectivity index (χ3n) is 5.06. The molecule has 120 valence electrons. The minimum absolute atomic E-state index is 0.0337. The van der Waals surface area contributed by atoms with Crippen LogP contribution in [0.25, 0.3) is 10.9 Å². The molecule has 2 amide bonds. The zero-order chi connectivity index (χ0) is 16.0. The molecule has 0 saturated carbocycles. The Balaban J connectivity index is 1.50. The Bertz CT molecular complexity index is 800. The van der Waals surface area contributed by atoms with Crippen LogP contribution in [0, 0.1) is 11.2 Å². The number of hydrogen-bond acceptors (Lipinski definition) is 2. The van der Waals surface area contributed by atoms with Crippen molar-refractivity contribution in [2.75, 3.05) is 19.6 Å². The lowest BCUT2D eigenvalue weighted by molar-refractivity contribution is -0.130. The Labute approximate surface area is 132 Å². The average Bonchev–Trinajstić information content (AvgIpc) is 3.21. The molecule has 2 N–H and O–H groups in total. The van der Waals surface area contributed by atoms with Gasteiger partial charge < -0.3 is 15.2 Å². The number of likely N-dealkylation sites (tertiary alicyclic amines) is 1. The summed E-state index contributed by atoms with van der Waals surface area (Å²) < 4.78 is 13.4. The highest BCUT2D eigenvalue weighted by atomic mass is 19.1. The molecule has 1 unspecified atom stereocenters. The number of H-pyrrole nitrogens is 1. The molecule has 1 aromatic carbocycles. The number of aromatic amines is 1. The van der Waals surface area contributed by atoms with Crippen molar-refractivity contribution >= 4 is 22.7 Å². The van der Waals surface area contributed by atoms with Crippen LogP contribution >= 0.6 is 0 Å². The van der Waals surface area contributed by atoms with E-state index in [9.17, 15) is 14.0 Å². The number of nitrogens with one attached hydrogen (secondary N) is 2.